The fraction of sp³-hybridized carbons (Fsp3) is 0.190. The van der Waals surface area contributed by atoms with Crippen molar-refractivity contribution in [2.75, 3.05) is 0 Å². The zero-order valence-electron chi connectivity index (χ0n) is 15.1. The van der Waals surface area contributed by atoms with Gasteiger partial charge in [0.1, 0.15) is 0 Å². The molecule has 0 aliphatic heterocycles. The van der Waals surface area contributed by atoms with Crippen LogP contribution in [0.5, 0.6) is 0 Å². The van der Waals surface area contributed by atoms with Crippen molar-refractivity contribution in [3.05, 3.63) is 88.2 Å². The number of hydrogen-bond acceptors (Lipinski definition) is 3. The van der Waals surface area contributed by atoms with Gasteiger partial charge in [-0.25, -0.2) is 0 Å². The van der Waals surface area contributed by atoms with Crippen molar-refractivity contribution < 1.29 is 9.59 Å². The van der Waals surface area contributed by atoms with Crippen molar-refractivity contribution in [1.82, 2.24) is 15.1 Å². The Bertz CT molecular complexity index is 973. The molecule has 0 aliphatic carbocycles. The fourth-order valence-corrected chi connectivity index (χ4v) is 2.85. The quantitative estimate of drug-likeness (QED) is 0.721. The lowest BCUT2D eigenvalue weighted by molar-refractivity contribution is 0.0939. The molecule has 3 rings (SSSR count). The molecule has 0 saturated heterocycles. The van der Waals surface area contributed by atoms with E-state index in [-0.39, 0.29) is 11.7 Å². The SMILES string of the molecule is Cc1ccc(C)c(C(=O)c2ccccc2C(=O)NCc2cnn(C)c2)c1. The van der Waals surface area contributed by atoms with Crippen molar-refractivity contribution in [2.45, 2.75) is 20.4 Å². The Morgan fingerprint density at radius 2 is 1.77 bits per heavy atom. The van der Waals surface area contributed by atoms with Crippen molar-refractivity contribution >= 4 is 11.7 Å². The molecule has 1 heterocycles. The van der Waals surface area contributed by atoms with Gasteiger partial charge in [-0.05, 0) is 31.5 Å². The minimum atomic E-state index is -0.275. The smallest absolute Gasteiger partial charge is 0.252 e. The van der Waals surface area contributed by atoms with Crippen LogP contribution in [0.1, 0.15) is 43.0 Å². The summed E-state index contributed by atoms with van der Waals surface area (Å²) >= 11 is 0. The minimum Gasteiger partial charge on any atom is -0.348 e. The number of aromatic nitrogens is 2. The molecule has 0 bridgehead atoms. The Labute approximate surface area is 152 Å². The number of benzene rings is 2. The first-order valence-electron chi connectivity index (χ1n) is 8.42. The normalized spacial score (nSPS) is 10.6. The summed E-state index contributed by atoms with van der Waals surface area (Å²) in [6.07, 6.45) is 3.54. The Morgan fingerprint density at radius 3 is 2.46 bits per heavy atom. The van der Waals surface area contributed by atoms with Crippen LogP contribution in [0.4, 0.5) is 0 Å². The van der Waals surface area contributed by atoms with E-state index in [1.807, 2.05) is 45.3 Å². The number of nitrogens with one attached hydrogen (secondary N) is 1. The summed E-state index contributed by atoms with van der Waals surface area (Å²) in [6.45, 7) is 4.21. The standard InChI is InChI=1S/C21H21N3O2/c1-14-8-9-15(2)19(10-14)20(25)17-6-4-5-7-18(17)21(26)22-11-16-12-23-24(3)13-16/h4-10,12-13H,11H2,1-3H3,(H,22,26). The Kier molecular flexibility index (Phi) is 4.98. The zero-order chi connectivity index (χ0) is 18.7. The summed E-state index contributed by atoms with van der Waals surface area (Å²) in [5.41, 5.74) is 4.22. The maximum Gasteiger partial charge on any atom is 0.252 e. The Morgan fingerprint density at radius 1 is 1.04 bits per heavy atom. The molecule has 0 saturated carbocycles. The maximum atomic E-state index is 13.0. The molecular weight excluding hydrogens is 326 g/mol. The van der Waals surface area contributed by atoms with Crippen molar-refractivity contribution in [3.8, 4) is 0 Å². The van der Waals surface area contributed by atoms with Crippen LogP contribution in [0, 0.1) is 13.8 Å². The van der Waals surface area contributed by atoms with Gasteiger partial charge in [-0.1, -0.05) is 35.9 Å². The fourth-order valence-electron chi connectivity index (χ4n) is 2.85. The van der Waals surface area contributed by atoms with Crippen molar-refractivity contribution in [3.63, 3.8) is 0 Å². The second-order valence-electron chi connectivity index (χ2n) is 6.40. The third-order valence-corrected chi connectivity index (χ3v) is 4.27. The molecule has 1 N–H and O–H groups in total. The van der Waals surface area contributed by atoms with Crippen LogP contribution in [0.3, 0.4) is 0 Å². The molecule has 132 valence electrons. The van der Waals surface area contributed by atoms with Gasteiger partial charge in [0.05, 0.1) is 11.8 Å². The minimum absolute atomic E-state index is 0.140. The number of hydrogen-bond donors (Lipinski definition) is 1. The number of aryl methyl sites for hydroxylation is 3. The van der Waals surface area contributed by atoms with Gasteiger partial charge in [-0.2, -0.15) is 5.10 Å². The molecule has 5 heteroatoms. The summed E-state index contributed by atoms with van der Waals surface area (Å²) in [4.78, 5) is 25.7. The summed E-state index contributed by atoms with van der Waals surface area (Å²) in [6, 6.07) is 12.7. The van der Waals surface area contributed by atoms with E-state index in [4.69, 9.17) is 0 Å². The van der Waals surface area contributed by atoms with Gasteiger partial charge < -0.3 is 5.32 Å². The highest BCUT2D eigenvalue weighted by atomic mass is 16.2. The van der Waals surface area contributed by atoms with Crippen LogP contribution in [0.2, 0.25) is 0 Å². The summed E-state index contributed by atoms with van der Waals surface area (Å²) in [5.74, 6) is -0.415. The van der Waals surface area contributed by atoms with E-state index in [0.717, 1.165) is 16.7 Å². The van der Waals surface area contributed by atoms with Gasteiger partial charge >= 0.3 is 0 Å². The molecule has 3 aromatic rings. The van der Waals surface area contributed by atoms with E-state index in [1.54, 1.807) is 35.1 Å². The van der Waals surface area contributed by atoms with Gasteiger partial charge in [-0.15, -0.1) is 0 Å². The van der Waals surface area contributed by atoms with Gasteiger partial charge in [0.15, 0.2) is 5.78 Å². The van der Waals surface area contributed by atoms with E-state index in [1.165, 1.54) is 0 Å². The molecule has 0 radical (unpaired) electrons. The van der Waals surface area contributed by atoms with Crippen molar-refractivity contribution in [2.24, 2.45) is 7.05 Å². The highest BCUT2D eigenvalue weighted by molar-refractivity contribution is 6.15. The van der Waals surface area contributed by atoms with E-state index in [0.29, 0.717) is 23.2 Å². The molecule has 1 amide bonds. The van der Waals surface area contributed by atoms with E-state index >= 15 is 0 Å². The van der Waals surface area contributed by atoms with Crippen LogP contribution >= 0.6 is 0 Å². The topological polar surface area (TPSA) is 64.0 Å². The highest BCUT2D eigenvalue weighted by Crippen LogP contribution is 2.19. The average molecular weight is 347 g/mol. The van der Waals surface area contributed by atoms with E-state index in [9.17, 15) is 9.59 Å². The Balaban J connectivity index is 1.86. The van der Waals surface area contributed by atoms with Crippen LogP contribution in [-0.2, 0) is 13.6 Å². The van der Waals surface area contributed by atoms with E-state index < -0.39 is 0 Å². The molecule has 26 heavy (non-hydrogen) atoms. The monoisotopic (exact) mass is 347 g/mol. The molecule has 5 nitrogen and oxygen atoms in total. The molecule has 0 aliphatic rings. The van der Waals surface area contributed by atoms with Crippen LogP contribution in [-0.4, -0.2) is 21.5 Å². The van der Waals surface area contributed by atoms with Gasteiger partial charge in [0.25, 0.3) is 5.91 Å². The van der Waals surface area contributed by atoms with Crippen LogP contribution in [0.25, 0.3) is 0 Å². The maximum absolute atomic E-state index is 13.0. The summed E-state index contributed by atoms with van der Waals surface area (Å²) < 4.78 is 1.68. The Hall–Kier alpha value is -3.21. The summed E-state index contributed by atoms with van der Waals surface area (Å²) in [7, 11) is 1.82. The lowest BCUT2D eigenvalue weighted by Gasteiger charge is -2.11. The number of nitrogens with zero attached hydrogens (tertiary/aromatic N) is 2. The predicted octanol–water partition coefficient (Wildman–Crippen LogP) is 3.20. The second-order valence-corrected chi connectivity index (χ2v) is 6.40. The molecule has 1 aromatic heterocycles. The second kappa shape index (κ2) is 7.35. The predicted molar refractivity (Wildman–Crippen MR) is 100 cm³/mol. The van der Waals surface area contributed by atoms with Gasteiger partial charge in [-0.3, -0.25) is 14.3 Å². The lowest BCUT2D eigenvalue weighted by atomic mass is 9.94. The number of amides is 1. The number of rotatable bonds is 5. The van der Waals surface area contributed by atoms with E-state index in [2.05, 4.69) is 10.4 Å². The van der Waals surface area contributed by atoms with Gasteiger partial charge in [0.2, 0.25) is 0 Å². The first-order chi connectivity index (χ1) is 12.5. The number of carbonyl (C=O) groups excluding carboxylic acids is 2. The van der Waals surface area contributed by atoms with Crippen molar-refractivity contribution in [1.29, 1.82) is 0 Å². The molecule has 0 spiro atoms. The largest absolute Gasteiger partial charge is 0.348 e. The average Bonchev–Trinajstić information content (AvgIpc) is 3.06. The molecular formula is C21H21N3O2. The molecule has 2 aromatic carbocycles. The molecule has 0 atom stereocenters. The first-order valence-corrected chi connectivity index (χ1v) is 8.42. The first kappa shape index (κ1) is 17.6. The number of ketones is 1. The third-order valence-electron chi connectivity index (χ3n) is 4.27. The molecule has 0 fully saturated rings. The van der Waals surface area contributed by atoms with Crippen LogP contribution < -0.4 is 5.32 Å². The van der Waals surface area contributed by atoms with Gasteiger partial charge in [0, 0.05) is 36.5 Å². The third kappa shape index (κ3) is 3.72. The highest BCUT2D eigenvalue weighted by Gasteiger charge is 2.19. The lowest BCUT2D eigenvalue weighted by Crippen LogP contribution is -2.25. The number of carbonyl (C=O) groups is 2. The molecule has 0 unspecified atom stereocenters. The van der Waals surface area contributed by atoms with Crippen LogP contribution in [0.15, 0.2) is 54.9 Å². The zero-order valence-corrected chi connectivity index (χ0v) is 15.1. The summed E-state index contributed by atoms with van der Waals surface area (Å²) in [5, 5.41) is 6.94.